The second-order valence-corrected chi connectivity index (χ2v) is 20.9. The number of hydrogen-bond acceptors (Lipinski definition) is 6. The third kappa shape index (κ3) is 62.5. The minimum Gasteiger partial charge on any atom is -0.462 e. The summed E-state index contributed by atoms with van der Waals surface area (Å²) in [6.45, 7) is 6.47. The molecule has 0 N–H and O–H groups in total. The molecule has 0 spiro atoms. The molecule has 0 aliphatic heterocycles. The molecule has 0 aliphatic rings. The van der Waals surface area contributed by atoms with Gasteiger partial charge in [0.05, 0.1) is 0 Å². The Kier molecular flexibility index (Phi) is 60.8. The van der Waals surface area contributed by atoms with E-state index in [1.807, 2.05) is 0 Å². The van der Waals surface area contributed by atoms with E-state index in [0.29, 0.717) is 19.3 Å². The topological polar surface area (TPSA) is 78.9 Å². The summed E-state index contributed by atoms with van der Waals surface area (Å²) in [6.07, 6.45) is 89.1. The quantitative estimate of drug-likeness (QED) is 0.0261. The van der Waals surface area contributed by atoms with Crippen LogP contribution in [0, 0.1) is 0 Å². The molecule has 0 rings (SSSR count). The normalized spacial score (nSPS) is 12.9. The van der Waals surface area contributed by atoms with E-state index in [4.69, 9.17) is 14.2 Å². The lowest BCUT2D eigenvalue weighted by molar-refractivity contribution is -0.167. The van der Waals surface area contributed by atoms with Crippen LogP contribution in [0.15, 0.2) is 122 Å². The van der Waals surface area contributed by atoms with E-state index in [1.165, 1.54) is 122 Å². The van der Waals surface area contributed by atoms with Gasteiger partial charge in [0, 0.05) is 19.3 Å². The smallest absolute Gasteiger partial charge is 0.306 e. The first-order valence-corrected chi connectivity index (χ1v) is 32.0. The van der Waals surface area contributed by atoms with Crippen molar-refractivity contribution < 1.29 is 28.6 Å². The van der Waals surface area contributed by atoms with Crippen LogP contribution in [0.3, 0.4) is 0 Å². The number of carbonyl (C=O) groups is 3. The molecule has 0 aromatic carbocycles. The highest BCUT2D eigenvalue weighted by Gasteiger charge is 2.19. The van der Waals surface area contributed by atoms with Gasteiger partial charge in [-0.15, -0.1) is 0 Å². The second kappa shape index (κ2) is 64.3. The SMILES string of the molecule is CC/C=C\C/C=C\C/C=C\C/C=C\C/C=C\C/C=C\C/C=C\CCCCCCCCCC(=O)OCC(COC(=O)CCCCCCC/C=C\CCCCC)OC(=O)CCCCCCCCC/C=C\C/C=C\CCCCCC. The lowest BCUT2D eigenvalue weighted by Crippen LogP contribution is -2.30. The molecule has 0 saturated heterocycles. The van der Waals surface area contributed by atoms with Crippen LogP contribution in [0.4, 0.5) is 0 Å². The van der Waals surface area contributed by atoms with Crippen LogP contribution < -0.4 is 0 Å². The lowest BCUT2D eigenvalue weighted by atomic mass is 10.1. The summed E-state index contributed by atoms with van der Waals surface area (Å²) in [4.78, 5) is 38.3. The van der Waals surface area contributed by atoms with Gasteiger partial charge < -0.3 is 14.2 Å². The van der Waals surface area contributed by atoms with Crippen LogP contribution >= 0.6 is 0 Å². The fourth-order valence-electron chi connectivity index (χ4n) is 8.62. The summed E-state index contributed by atoms with van der Waals surface area (Å²) in [5.74, 6) is -0.915. The third-order valence-corrected chi connectivity index (χ3v) is 13.4. The summed E-state index contributed by atoms with van der Waals surface area (Å²) < 4.78 is 16.9. The standard InChI is InChI=1S/C71H118O6/c1-4-7-10-13-16-19-22-25-27-29-31-32-33-34-35-36-37-38-39-40-41-43-44-46-49-52-55-58-61-64-70(73)76-67-68(66-75-69(72)63-60-57-54-51-48-24-21-18-15-12-9-6-3)77-71(74)65-62-59-56-53-50-47-45-42-30-28-26-23-20-17-14-11-8-5-2/h7,10,16,18-21,23,25,27-28,30-32,34-35,37-38,40-41,68H,4-6,8-9,11-15,17,22,24,26,29,33,36,39,42-67H2,1-3H3/b10-7-,19-16-,21-18-,23-20-,27-25-,30-28-,32-31-,35-34-,38-37-,41-40-. The van der Waals surface area contributed by atoms with Crippen LogP contribution in [0.1, 0.15) is 290 Å². The summed E-state index contributed by atoms with van der Waals surface area (Å²) in [7, 11) is 0. The maximum Gasteiger partial charge on any atom is 0.306 e. The Hall–Kier alpha value is -4.19. The van der Waals surface area contributed by atoms with Crippen LogP contribution in [-0.2, 0) is 28.6 Å². The number of hydrogen-bond donors (Lipinski definition) is 0. The Labute approximate surface area is 475 Å². The molecule has 6 nitrogen and oxygen atoms in total. The number of ether oxygens (including phenoxy) is 3. The highest BCUT2D eigenvalue weighted by atomic mass is 16.6. The van der Waals surface area contributed by atoms with Gasteiger partial charge in [-0.1, -0.05) is 258 Å². The Morgan fingerprint density at radius 1 is 0.273 bits per heavy atom. The van der Waals surface area contributed by atoms with E-state index in [9.17, 15) is 14.4 Å². The Morgan fingerprint density at radius 3 is 0.831 bits per heavy atom. The first-order chi connectivity index (χ1) is 38.0. The molecular weight excluding hydrogens is 949 g/mol. The zero-order chi connectivity index (χ0) is 55.7. The van der Waals surface area contributed by atoms with Gasteiger partial charge in [-0.05, 0) is 135 Å². The first-order valence-electron chi connectivity index (χ1n) is 32.0. The molecule has 0 aliphatic carbocycles. The lowest BCUT2D eigenvalue weighted by Gasteiger charge is -2.18. The molecule has 77 heavy (non-hydrogen) atoms. The van der Waals surface area contributed by atoms with E-state index < -0.39 is 6.10 Å². The van der Waals surface area contributed by atoms with Crippen molar-refractivity contribution in [3.8, 4) is 0 Å². The molecule has 0 fully saturated rings. The van der Waals surface area contributed by atoms with Crippen molar-refractivity contribution in [3.05, 3.63) is 122 Å². The van der Waals surface area contributed by atoms with Crippen LogP contribution in [0.2, 0.25) is 0 Å². The summed E-state index contributed by atoms with van der Waals surface area (Å²) in [5, 5.41) is 0. The molecule has 0 heterocycles. The average Bonchev–Trinajstić information content (AvgIpc) is 3.43. The third-order valence-electron chi connectivity index (χ3n) is 13.4. The number of unbranched alkanes of at least 4 members (excludes halogenated alkanes) is 26. The summed E-state index contributed by atoms with van der Waals surface area (Å²) >= 11 is 0. The summed E-state index contributed by atoms with van der Waals surface area (Å²) in [5.41, 5.74) is 0. The highest BCUT2D eigenvalue weighted by Crippen LogP contribution is 2.15. The van der Waals surface area contributed by atoms with Gasteiger partial charge in [0.25, 0.3) is 0 Å². The molecule has 1 unspecified atom stereocenters. The number of carbonyl (C=O) groups excluding carboxylic acids is 3. The predicted molar refractivity (Wildman–Crippen MR) is 334 cm³/mol. The molecule has 0 saturated carbocycles. The van der Waals surface area contributed by atoms with E-state index in [2.05, 4.69) is 142 Å². The fraction of sp³-hybridized carbons (Fsp3) is 0.676. The van der Waals surface area contributed by atoms with Gasteiger partial charge in [-0.3, -0.25) is 14.4 Å². The molecule has 0 aromatic heterocycles. The number of allylic oxidation sites excluding steroid dienone is 20. The van der Waals surface area contributed by atoms with Crippen LogP contribution in [0.25, 0.3) is 0 Å². The Bertz CT molecular complexity index is 1600. The van der Waals surface area contributed by atoms with Gasteiger partial charge in [-0.2, -0.15) is 0 Å². The van der Waals surface area contributed by atoms with Crippen molar-refractivity contribution in [2.75, 3.05) is 13.2 Å². The van der Waals surface area contributed by atoms with Crippen molar-refractivity contribution >= 4 is 17.9 Å². The number of rotatable bonds is 57. The van der Waals surface area contributed by atoms with Gasteiger partial charge in [0.1, 0.15) is 13.2 Å². The maximum atomic E-state index is 12.9. The molecule has 438 valence electrons. The van der Waals surface area contributed by atoms with Gasteiger partial charge in [-0.25, -0.2) is 0 Å². The predicted octanol–water partition coefficient (Wildman–Crippen LogP) is 22.0. The minimum absolute atomic E-state index is 0.0905. The highest BCUT2D eigenvalue weighted by molar-refractivity contribution is 5.71. The van der Waals surface area contributed by atoms with E-state index in [1.54, 1.807) is 0 Å². The van der Waals surface area contributed by atoms with Gasteiger partial charge >= 0.3 is 17.9 Å². The zero-order valence-electron chi connectivity index (χ0n) is 50.2. The Balaban J connectivity index is 4.34. The van der Waals surface area contributed by atoms with Crippen molar-refractivity contribution in [2.45, 2.75) is 297 Å². The maximum absolute atomic E-state index is 12.9. The number of esters is 3. The molecule has 0 bridgehead atoms. The molecule has 0 aromatic rings. The monoisotopic (exact) mass is 1070 g/mol. The average molecular weight is 1070 g/mol. The van der Waals surface area contributed by atoms with E-state index >= 15 is 0 Å². The summed E-state index contributed by atoms with van der Waals surface area (Å²) in [6, 6.07) is 0. The molecule has 0 amide bonds. The van der Waals surface area contributed by atoms with Crippen LogP contribution in [-0.4, -0.2) is 37.2 Å². The molecule has 0 radical (unpaired) electrons. The van der Waals surface area contributed by atoms with Crippen molar-refractivity contribution in [1.29, 1.82) is 0 Å². The minimum atomic E-state index is -0.794. The fourth-order valence-corrected chi connectivity index (χ4v) is 8.62. The van der Waals surface area contributed by atoms with Crippen LogP contribution in [0.5, 0.6) is 0 Å². The molecule has 6 heteroatoms. The van der Waals surface area contributed by atoms with E-state index in [0.717, 1.165) is 128 Å². The van der Waals surface area contributed by atoms with Gasteiger partial charge in [0.2, 0.25) is 0 Å². The van der Waals surface area contributed by atoms with Crippen molar-refractivity contribution in [1.82, 2.24) is 0 Å². The van der Waals surface area contributed by atoms with E-state index in [-0.39, 0.29) is 31.1 Å². The Morgan fingerprint density at radius 2 is 0.506 bits per heavy atom. The molecular formula is C71H118O6. The van der Waals surface area contributed by atoms with Gasteiger partial charge in [0.15, 0.2) is 6.10 Å². The zero-order valence-corrected chi connectivity index (χ0v) is 50.2. The largest absolute Gasteiger partial charge is 0.462 e. The second-order valence-electron chi connectivity index (χ2n) is 20.9. The van der Waals surface area contributed by atoms with Crippen molar-refractivity contribution in [2.24, 2.45) is 0 Å². The van der Waals surface area contributed by atoms with Crippen molar-refractivity contribution in [3.63, 3.8) is 0 Å². The first kappa shape index (κ1) is 72.8. The molecule has 1 atom stereocenters.